The van der Waals surface area contributed by atoms with E-state index in [2.05, 4.69) is 10.4 Å². The summed E-state index contributed by atoms with van der Waals surface area (Å²) in [4.78, 5) is 33.9. The molecule has 0 aliphatic rings. The summed E-state index contributed by atoms with van der Waals surface area (Å²) in [5.74, 6) is -1.54. The monoisotopic (exact) mass is 255 g/mol. The Balaban J connectivity index is 2.78. The van der Waals surface area contributed by atoms with Crippen molar-refractivity contribution in [3.05, 3.63) is 22.1 Å². The average Bonchev–Trinajstić information content (AvgIpc) is 2.57. The van der Waals surface area contributed by atoms with Crippen LogP contribution in [0.15, 0.2) is 10.9 Å². The van der Waals surface area contributed by atoms with Gasteiger partial charge in [0.1, 0.15) is 11.7 Å². The van der Waals surface area contributed by atoms with E-state index >= 15 is 0 Å². The van der Waals surface area contributed by atoms with Gasteiger partial charge in [0.25, 0.3) is 11.5 Å². The fraction of sp³-hybridized carbons (Fsp3) is 0.545. The number of aryl methyl sites for hydroxylation is 1. The van der Waals surface area contributed by atoms with Gasteiger partial charge < -0.3 is 10.4 Å². The summed E-state index contributed by atoms with van der Waals surface area (Å²) in [6.07, 6.45) is 0.331. The molecular weight excluding hydrogens is 238 g/mol. The van der Waals surface area contributed by atoms with Crippen molar-refractivity contribution in [1.82, 2.24) is 15.1 Å². The Morgan fingerprint density at radius 2 is 2.11 bits per heavy atom. The molecule has 1 amide bonds. The van der Waals surface area contributed by atoms with Crippen LogP contribution < -0.4 is 10.9 Å². The molecule has 7 heteroatoms. The Morgan fingerprint density at radius 3 is 2.50 bits per heavy atom. The van der Waals surface area contributed by atoms with Crippen LogP contribution in [0, 0.1) is 5.92 Å². The van der Waals surface area contributed by atoms with Crippen molar-refractivity contribution in [3.63, 3.8) is 0 Å². The van der Waals surface area contributed by atoms with Crippen molar-refractivity contribution < 1.29 is 14.7 Å². The van der Waals surface area contributed by atoms with Gasteiger partial charge in [0, 0.05) is 13.1 Å². The van der Waals surface area contributed by atoms with Crippen LogP contribution in [0.4, 0.5) is 0 Å². The van der Waals surface area contributed by atoms with Gasteiger partial charge in [0.15, 0.2) is 0 Å². The highest BCUT2D eigenvalue weighted by atomic mass is 16.4. The van der Waals surface area contributed by atoms with Crippen molar-refractivity contribution in [2.45, 2.75) is 26.3 Å². The predicted octanol–water partition coefficient (Wildman–Crippen LogP) is -0.0575. The lowest BCUT2D eigenvalue weighted by Crippen LogP contribution is -2.41. The van der Waals surface area contributed by atoms with Crippen LogP contribution in [-0.2, 0) is 11.8 Å². The molecule has 0 aliphatic carbocycles. The van der Waals surface area contributed by atoms with E-state index < -0.39 is 17.9 Å². The van der Waals surface area contributed by atoms with Gasteiger partial charge in [-0.1, -0.05) is 13.8 Å². The molecule has 1 rings (SSSR count). The Bertz CT molecular complexity index is 501. The largest absolute Gasteiger partial charge is 0.480 e. The number of carboxylic acid groups (broad SMARTS) is 1. The van der Waals surface area contributed by atoms with Crippen molar-refractivity contribution in [2.75, 3.05) is 0 Å². The first-order chi connectivity index (χ1) is 8.31. The number of H-pyrrole nitrogens is 1. The zero-order valence-corrected chi connectivity index (χ0v) is 10.6. The van der Waals surface area contributed by atoms with Crippen molar-refractivity contribution in [2.24, 2.45) is 13.0 Å². The number of hydrogen-bond donors (Lipinski definition) is 3. The van der Waals surface area contributed by atoms with Crippen molar-refractivity contribution in [3.8, 4) is 0 Å². The average molecular weight is 255 g/mol. The fourth-order valence-corrected chi connectivity index (χ4v) is 1.53. The molecule has 1 aromatic heterocycles. The third-order valence-corrected chi connectivity index (χ3v) is 2.44. The maximum Gasteiger partial charge on any atom is 0.326 e. The molecule has 1 aromatic rings. The lowest BCUT2D eigenvalue weighted by Gasteiger charge is -2.15. The molecule has 100 valence electrons. The summed E-state index contributed by atoms with van der Waals surface area (Å²) in [7, 11) is 1.47. The maximum absolute atomic E-state index is 11.7. The molecule has 18 heavy (non-hydrogen) atoms. The van der Waals surface area contributed by atoms with Gasteiger partial charge >= 0.3 is 5.97 Å². The second-order valence-electron chi connectivity index (χ2n) is 4.56. The summed E-state index contributed by atoms with van der Waals surface area (Å²) >= 11 is 0. The van der Waals surface area contributed by atoms with Crippen molar-refractivity contribution >= 4 is 11.9 Å². The number of carboxylic acids is 1. The molecule has 3 N–H and O–H groups in total. The molecule has 0 radical (unpaired) electrons. The second kappa shape index (κ2) is 5.52. The number of rotatable bonds is 5. The molecule has 7 nitrogen and oxygen atoms in total. The highest BCUT2D eigenvalue weighted by molar-refractivity contribution is 5.94. The molecule has 0 unspecified atom stereocenters. The van der Waals surface area contributed by atoms with Crippen LogP contribution in [0.2, 0.25) is 0 Å². The summed E-state index contributed by atoms with van der Waals surface area (Å²) < 4.78 is 1.15. The second-order valence-corrected chi connectivity index (χ2v) is 4.56. The number of nitrogens with one attached hydrogen (secondary N) is 2. The number of hydrogen-bond acceptors (Lipinski definition) is 3. The maximum atomic E-state index is 11.7. The highest BCUT2D eigenvalue weighted by Gasteiger charge is 2.22. The molecule has 0 saturated heterocycles. The standard InChI is InChI=1S/C11H17N3O4/c1-6(2)4-8(11(17)18)12-10(16)7-5-9(15)14(3)13-7/h5-6,8,13H,4H2,1-3H3,(H,12,16)(H,17,18)/t8-/m1/s1. The quantitative estimate of drug-likeness (QED) is 0.685. The lowest BCUT2D eigenvalue weighted by atomic mass is 10.0. The molecule has 0 bridgehead atoms. The predicted molar refractivity (Wildman–Crippen MR) is 64.4 cm³/mol. The van der Waals surface area contributed by atoms with E-state index in [1.807, 2.05) is 13.8 Å². The van der Waals surface area contributed by atoms with E-state index in [1.54, 1.807) is 0 Å². The first-order valence-corrected chi connectivity index (χ1v) is 5.61. The first-order valence-electron chi connectivity index (χ1n) is 5.61. The van der Waals surface area contributed by atoms with Gasteiger partial charge in [-0.05, 0) is 12.3 Å². The third-order valence-electron chi connectivity index (χ3n) is 2.44. The Hall–Kier alpha value is -2.05. The topological polar surface area (TPSA) is 104 Å². The minimum absolute atomic E-state index is 0.0532. The summed E-state index contributed by atoms with van der Waals surface area (Å²) in [6, 6.07) is 0.171. The number of carbonyl (C=O) groups excluding carboxylic acids is 1. The molecular formula is C11H17N3O4. The van der Waals surface area contributed by atoms with E-state index in [0.717, 1.165) is 10.7 Å². The minimum atomic E-state index is -1.09. The number of nitrogens with zero attached hydrogens (tertiary/aromatic N) is 1. The normalized spacial score (nSPS) is 12.4. The highest BCUT2D eigenvalue weighted by Crippen LogP contribution is 2.05. The summed E-state index contributed by atoms with van der Waals surface area (Å²) in [5.41, 5.74) is -0.298. The Morgan fingerprint density at radius 1 is 1.50 bits per heavy atom. The number of aromatic nitrogens is 2. The number of amides is 1. The Kier molecular flexibility index (Phi) is 4.30. The minimum Gasteiger partial charge on any atom is -0.480 e. The van der Waals surface area contributed by atoms with Crippen LogP contribution >= 0.6 is 0 Å². The van der Waals surface area contributed by atoms with E-state index in [4.69, 9.17) is 5.11 Å². The zero-order chi connectivity index (χ0) is 13.9. The van der Waals surface area contributed by atoms with Crippen LogP contribution in [0.3, 0.4) is 0 Å². The molecule has 0 saturated carbocycles. The van der Waals surface area contributed by atoms with Gasteiger partial charge in [0.05, 0.1) is 0 Å². The fourth-order valence-electron chi connectivity index (χ4n) is 1.53. The zero-order valence-electron chi connectivity index (χ0n) is 10.6. The van der Waals surface area contributed by atoms with Gasteiger partial charge in [-0.25, -0.2) is 4.79 Å². The molecule has 0 aliphatic heterocycles. The van der Waals surface area contributed by atoms with Crippen LogP contribution in [0.1, 0.15) is 30.8 Å². The third kappa shape index (κ3) is 3.47. The first kappa shape index (κ1) is 14.0. The molecule has 0 spiro atoms. The van der Waals surface area contributed by atoms with Gasteiger partial charge in [0.2, 0.25) is 0 Å². The molecule has 1 heterocycles. The SMILES string of the molecule is CC(C)C[C@@H](NC(=O)c1cc(=O)n(C)[nH]1)C(=O)O. The van der Waals surface area contributed by atoms with Crippen molar-refractivity contribution in [1.29, 1.82) is 0 Å². The van der Waals surface area contributed by atoms with E-state index in [9.17, 15) is 14.4 Å². The van der Waals surface area contributed by atoms with E-state index in [1.165, 1.54) is 7.05 Å². The summed E-state index contributed by atoms with van der Waals surface area (Å²) in [5, 5.41) is 13.9. The number of carbonyl (C=O) groups is 2. The van der Waals surface area contributed by atoms with Crippen LogP contribution in [0.25, 0.3) is 0 Å². The van der Waals surface area contributed by atoms with Crippen LogP contribution in [0.5, 0.6) is 0 Å². The van der Waals surface area contributed by atoms with Gasteiger partial charge in [-0.3, -0.25) is 19.4 Å². The summed E-state index contributed by atoms with van der Waals surface area (Å²) in [6.45, 7) is 3.74. The number of aliphatic carboxylic acids is 1. The lowest BCUT2D eigenvalue weighted by molar-refractivity contribution is -0.139. The molecule has 0 fully saturated rings. The van der Waals surface area contributed by atoms with Gasteiger partial charge in [-0.15, -0.1) is 0 Å². The van der Waals surface area contributed by atoms with E-state index in [0.29, 0.717) is 6.42 Å². The van der Waals surface area contributed by atoms with Crippen LogP contribution in [-0.4, -0.2) is 32.8 Å². The smallest absolute Gasteiger partial charge is 0.326 e. The Labute approximate surface area is 104 Å². The van der Waals surface area contributed by atoms with Gasteiger partial charge in [-0.2, -0.15) is 0 Å². The molecule has 1 atom stereocenters. The molecule has 0 aromatic carbocycles. The van der Waals surface area contributed by atoms with E-state index in [-0.39, 0.29) is 17.2 Å². The number of aromatic amines is 1.